The molecule has 0 aliphatic carbocycles. The van der Waals surface area contributed by atoms with Crippen LogP contribution in [0.15, 0.2) is 0 Å². The van der Waals surface area contributed by atoms with Crippen molar-refractivity contribution < 1.29 is 9.90 Å². The molecule has 0 amide bonds. The number of unbranched alkanes of at least 4 members (excludes halogenated alkanes) is 1. The Morgan fingerprint density at radius 3 is 1.89 bits per heavy atom. The van der Waals surface area contributed by atoms with Crippen LogP contribution < -0.4 is 21.7 Å². The van der Waals surface area contributed by atoms with Gasteiger partial charge in [0.25, 0.3) is 0 Å². The Kier molecular flexibility index (Phi) is 13.8. The van der Waals surface area contributed by atoms with E-state index in [0.29, 0.717) is 0 Å². The van der Waals surface area contributed by atoms with Crippen molar-refractivity contribution in [3.63, 3.8) is 0 Å². The highest BCUT2D eigenvalue weighted by atomic mass is 16.4. The largest absolute Gasteiger partial charge is 0.480 e. The molecule has 0 rings (SSSR count). The third-order valence-corrected chi connectivity index (χ3v) is 2.50. The molecule has 0 atom stereocenters. The summed E-state index contributed by atoms with van der Waals surface area (Å²) in [6.45, 7) is 5.59. The van der Waals surface area contributed by atoms with Gasteiger partial charge in [-0.05, 0) is 65.0 Å². The minimum atomic E-state index is -0.801. The number of carboxylic acid groups (broad SMARTS) is 1. The molecule has 18 heavy (non-hydrogen) atoms. The molecule has 0 spiro atoms. The van der Waals surface area contributed by atoms with E-state index in [2.05, 4.69) is 16.0 Å². The standard InChI is InChI=1S/C12H28N4O2/c13-5-3-8-14-6-1-2-7-15-9-4-10-16-11-12(17)18/h14-16H,1-11,13H2,(H,17,18). The van der Waals surface area contributed by atoms with Crippen LogP contribution in [-0.2, 0) is 4.79 Å². The fourth-order valence-corrected chi connectivity index (χ4v) is 1.51. The van der Waals surface area contributed by atoms with E-state index in [1.165, 1.54) is 6.42 Å². The van der Waals surface area contributed by atoms with Gasteiger partial charge in [0.1, 0.15) is 0 Å². The smallest absolute Gasteiger partial charge is 0.317 e. The lowest BCUT2D eigenvalue weighted by molar-refractivity contribution is -0.135. The van der Waals surface area contributed by atoms with E-state index >= 15 is 0 Å². The zero-order valence-corrected chi connectivity index (χ0v) is 11.2. The van der Waals surface area contributed by atoms with Gasteiger partial charge in [-0.1, -0.05) is 0 Å². The summed E-state index contributed by atoms with van der Waals surface area (Å²) < 4.78 is 0. The molecular formula is C12H28N4O2. The Balaban J connectivity index is 2.92. The molecule has 0 aromatic rings. The molecule has 0 unspecified atom stereocenters. The zero-order chi connectivity index (χ0) is 13.5. The first-order valence-electron chi connectivity index (χ1n) is 6.81. The number of hydrogen-bond acceptors (Lipinski definition) is 5. The molecular weight excluding hydrogens is 232 g/mol. The summed E-state index contributed by atoms with van der Waals surface area (Å²) in [7, 11) is 0. The summed E-state index contributed by atoms with van der Waals surface area (Å²) in [4.78, 5) is 10.2. The van der Waals surface area contributed by atoms with Crippen LogP contribution in [0.25, 0.3) is 0 Å². The van der Waals surface area contributed by atoms with Crippen molar-refractivity contribution in [3.8, 4) is 0 Å². The fourth-order valence-electron chi connectivity index (χ4n) is 1.51. The van der Waals surface area contributed by atoms with E-state index in [1.807, 2.05) is 0 Å². The van der Waals surface area contributed by atoms with Crippen LogP contribution in [-0.4, -0.2) is 56.9 Å². The average Bonchev–Trinajstić information content (AvgIpc) is 2.34. The van der Waals surface area contributed by atoms with Crippen molar-refractivity contribution >= 4 is 5.97 Å². The molecule has 0 radical (unpaired) electrons. The van der Waals surface area contributed by atoms with Gasteiger partial charge in [-0.25, -0.2) is 0 Å². The Bertz CT molecular complexity index is 191. The highest BCUT2D eigenvalue weighted by Gasteiger charge is 1.94. The molecule has 0 aromatic carbocycles. The van der Waals surface area contributed by atoms with Crippen LogP contribution in [0.5, 0.6) is 0 Å². The van der Waals surface area contributed by atoms with E-state index in [9.17, 15) is 4.79 Å². The van der Waals surface area contributed by atoms with E-state index < -0.39 is 5.97 Å². The van der Waals surface area contributed by atoms with Crippen molar-refractivity contribution in [2.24, 2.45) is 5.73 Å². The Hall–Kier alpha value is -0.690. The predicted octanol–water partition coefficient (Wildman–Crippen LogP) is -0.641. The van der Waals surface area contributed by atoms with Crippen molar-refractivity contribution in [3.05, 3.63) is 0 Å². The van der Waals surface area contributed by atoms with E-state index in [1.54, 1.807) is 0 Å². The molecule has 0 heterocycles. The molecule has 6 N–H and O–H groups in total. The van der Waals surface area contributed by atoms with Gasteiger partial charge < -0.3 is 26.8 Å². The molecule has 0 aromatic heterocycles. The van der Waals surface area contributed by atoms with Crippen LogP contribution in [0, 0.1) is 0 Å². The third kappa shape index (κ3) is 15.3. The van der Waals surface area contributed by atoms with Gasteiger partial charge >= 0.3 is 5.97 Å². The van der Waals surface area contributed by atoms with E-state index in [0.717, 1.165) is 58.5 Å². The van der Waals surface area contributed by atoms with Gasteiger partial charge in [0, 0.05) is 0 Å². The Morgan fingerprint density at radius 2 is 1.33 bits per heavy atom. The molecule has 6 heteroatoms. The van der Waals surface area contributed by atoms with Gasteiger partial charge in [0.2, 0.25) is 0 Å². The number of nitrogens with two attached hydrogens (primary N) is 1. The zero-order valence-electron chi connectivity index (χ0n) is 11.2. The molecule has 0 aliphatic rings. The second kappa shape index (κ2) is 14.4. The maximum Gasteiger partial charge on any atom is 0.317 e. The Morgan fingerprint density at radius 1 is 0.833 bits per heavy atom. The molecule has 0 bridgehead atoms. The first kappa shape index (κ1) is 17.3. The van der Waals surface area contributed by atoms with Crippen LogP contribution in [0.4, 0.5) is 0 Å². The quantitative estimate of drug-likeness (QED) is 0.266. The van der Waals surface area contributed by atoms with Crippen molar-refractivity contribution in [1.82, 2.24) is 16.0 Å². The van der Waals surface area contributed by atoms with Crippen molar-refractivity contribution in [2.75, 3.05) is 45.8 Å². The highest BCUT2D eigenvalue weighted by Crippen LogP contribution is 1.85. The van der Waals surface area contributed by atoms with Gasteiger partial charge in [-0.15, -0.1) is 0 Å². The first-order chi connectivity index (χ1) is 8.77. The molecule has 6 nitrogen and oxygen atoms in total. The van der Waals surface area contributed by atoms with Crippen molar-refractivity contribution in [2.45, 2.75) is 25.7 Å². The molecule has 0 fully saturated rings. The molecule has 108 valence electrons. The maximum atomic E-state index is 10.2. The lowest BCUT2D eigenvalue weighted by atomic mass is 10.3. The fraction of sp³-hybridized carbons (Fsp3) is 0.917. The second-order valence-corrected chi connectivity index (χ2v) is 4.27. The van der Waals surface area contributed by atoms with Crippen molar-refractivity contribution in [1.29, 1.82) is 0 Å². The van der Waals surface area contributed by atoms with Gasteiger partial charge in [-0.2, -0.15) is 0 Å². The van der Waals surface area contributed by atoms with E-state index in [-0.39, 0.29) is 6.54 Å². The second-order valence-electron chi connectivity index (χ2n) is 4.27. The number of carboxylic acids is 1. The summed E-state index contributed by atoms with van der Waals surface area (Å²) in [5.74, 6) is -0.801. The van der Waals surface area contributed by atoms with Crippen LogP contribution >= 0.6 is 0 Å². The van der Waals surface area contributed by atoms with Gasteiger partial charge in [0.05, 0.1) is 6.54 Å². The van der Waals surface area contributed by atoms with Crippen LogP contribution in [0.3, 0.4) is 0 Å². The molecule has 0 saturated carbocycles. The van der Waals surface area contributed by atoms with Crippen LogP contribution in [0.2, 0.25) is 0 Å². The number of nitrogens with one attached hydrogen (secondary N) is 3. The lowest BCUT2D eigenvalue weighted by Crippen LogP contribution is -2.27. The first-order valence-corrected chi connectivity index (χ1v) is 6.81. The summed E-state index contributed by atoms with van der Waals surface area (Å²) in [6, 6.07) is 0. The number of rotatable bonds is 14. The number of hydrogen-bond donors (Lipinski definition) is 5. The highest BCUT2D eigenvalue weighted by molar-refractivity contribution is 5.68. The summed E-state index contributed by atoms with van der Waals surface area (Å²) in [5.41, 5.74) is 5.39. The lowest BCUT2D eigenvalue weighted by Gasteiger charge is -2.06. The van der Waals surface area contributed by atoms with E-state index in [4.69, 9.17) is 10.8 Å². The van der Waals surface area contributed by atoms with Gasteiger partial charge in [0.15, 0.2) is 0 Å². The molecule has 0 aliphatic heterocycles. The normalized spacial score (nSPS) is 10.7. The minimum absolute atomic E-state index is 0.0501. The third-order valence-electron chi connectivity index (χ3n) is 2.50. The summed E-state index contributed by atoms with van der Waals surface area (Å²) in [5, 5.41) is 17.9. The number of aliphatic carboxylic acids is 1. The number of carbonyl (C=O) groups is 1. The monoisotopic (exact) mass is 260 g/mol. The Labute approximate surface area is 110 Å². The summed E-state index contributed by atoms with van der Waals surface area (Å²) in [6.07, 6.45) is 4.34. The topological polar surface area (TPSA) is 99.4 Å². The maximum absolute atomic E-state index is 10.2. The summed E-state index contributed by atoms with van der Waals surface area (Å²) >= 11 is 0. The molecule has 0 saturated heterocycles. The van der Waals surface area contributed by atoms with Crippen LogP contribution in [0.1, 0.15) is 25.7 Å². The van der Waals surface area contributed by atoms with Gasteiger partial charge in [-0.3, -0.25) is 4.79 Å². The minimum Gasteiger partial charge on any atom is -0.480 e. The SMILES string of the molecule is NCCCNCCCCNCCCNCC(=O)O. The average molecular weight is 260 g/mol. The predicted molar refractivity (Wildman–Crippen MR) is 73.8 cm³/mol.